The van der Waals surface area contributed by atoms with Crippen molar-refractivity contribution in [3.8, 4) is 5.75 Å². The summed E-state index contributed by atoms with van der Waals surface area (Å²) in [6.45, 7) is 2.21. The molecule has 0 saturated heterocycles. The van der Waals surface area contributed by atoms with Crippen molar-refractivity contribution in [1.29, 1.82) is 0 Å². The summed E-state index contributed by atoms with van der Waals surface area (Å²) in [6, 6.07) is 3.23. The Morgan fingerprint density at radius 1 is 1.65 bits per heavy atom. The molecule has 0 aliphatic heterocycles. The molecule has 1 aromatic rings. The summed E-state index contributed by atoms with van der Waals surface area (Å²) in [5, 5.41) is 3.29. The van der Waals surface area contributed by atoms with E-state index in [1.807, 2.05) is 6.92 Å². The van der Waals surface area contributed by atoms with Gasteiger partial charge in [0, 0.05) is 16.2 Å². The molecule has 0 aromatic heterocycles. The van der Waals surface area contributed by atoms with Crippen molar-refractivity contribution in [3.63, 3.8) is 0 Å². The van der Waals surface area contributed by atoms with Gasteiger partial charge in [0.05, 0.1) is 17.7 Å². The minimum absolute atomic E-state index is 0.0924. The molecule has 0 fully saturated rings. The molecule has 94 valence electrons. The number of hydrogen-bond donors (Lipinski definition) is 2. The summed E-state index contributed by atoms with van der Waals surface area (Å²) in [4.78, 5) is 11.9. The first-order valence-electron chi connectivity index (χ1n) is 5.03. The quantitative estimate of drug-likeness (QED) is 0.799. The molecule has 1 amide bonds. The molecule has 0 unspecified atom stereocenters. The smallest absolute Gasteiger partial charge is 0.255 e. The number of nitrogens with one attached hydrogen (secondary N) is 1. The Kier molecular flexibility index (Phi) is 5.48. The van der Waals surface area contributed by atoms with E-state index >= 15 is 0 Å². The summed E-state index contributed by atoms with van der Waals surface area (Å²) in [5.41, 5.74) is 5.86. The van der Waals surface area contributed by atoms with Gasteiger partial charge in [0.25, 0.3) is 5.91 Å². The standard InChI is InChI=1S/C11H14ClIN2O2/c1-6(5-14)15-11(16)7-3-8(12)9(13)4-10(7)17-2/h3-4,6H,5,14H2,1-2H3,(H,15,16)/t6-/m0/s1. The first-order valence-corrected chi connectivity index (χ1v) is 6.49. The van der Waals surface area contributed by atoms with Crippen LogP contribution in [0.25, 0.3) is 0 Å². The van der Waals surface area contributed by atoms with Gasteiger partial charge >= 0.3 is 0 Å². The highest BCUT2D eigenvalue weighted by Gasteiger charge is 2.16. The number of halogens is 2. The molecule has 1 atom stereocenters. The van der Waals surface area contributed by atoms with E-state index in [1.54, 1.807) is 12.1 Å². The van der Waals surface area contributed by atoms with Gasteiger partial charge in [-0.05, 0) is 41.6 Å². The topological polar surface area (TPSA) is 64.3 Å². The molecule has 1 aromatic carbocycles. The highest BCUT2D eigenvalue weighted by Crippen LogP contribution is 2.28. The Bertz CT molecular complexity index is 426. The lowest BCUT2D eigenvalue weighted by Gasteiger charge is -2.14. The second kappa shape index (κ2) is 6.42. The fourth-order valence-corrected chi connectivity index (χ4v) is 1.84. The molecular weight excluding hydrogens is 354 g/mol. The van der Waals surface area contributed by atoms with Gasteiger partial charge in [-0.15, -0.1) is 0 Å². The van der Waals surface area contributed by atoms with E-state index in [1.165, 1.54) is 7.11 Å². The molecule has 6 heteroatoms. The van der Waals surface area contributed by atoms with Crippen LogP contribution in [0.1, 0.15) is 17.3 Å². The van der Waals surface area contributed by atoms with Gasteiger partial charge in [-0.3, -0.25) is 4.79 Å². The molecular formula is C11H14ClIN2O2. The molecule has 0 saturated carbocycles. The highest BCUT2D eigenvalue weighted by atomic mass is 127. The Morgan fingerprint density at radius 3 is 2.82 bits per heavy atom. The maximum atomic E-state index is 11.9. The van der Waals surface area contributed by atoms with Crippen molar-refractivity contribution >= 4 is 40.1 Å². The Morgan fingerprint density at radius 2 is 2.29 bits per heavy atom. The zero-order valence-corrected chi connectivity index (χ0v) is 12.5. The van der Waals surface area contributed by atoms with E-state index in [0.717, 1.165) is 3.57 Å². The van der Waals surface area contributed by atoms with Crippen molar-refractivity contribution in [2.75, 3.05) is 13.7 Å². The van der Waals surface area contributed by atoms with Gasteiger partial charge in [-0.2, -0.15) is 0 Å². The van der Waals surface area contributed by atoms with Crippen molar-refractivity contribution in [2.24, 2.45) is 5.73 Å². The van der Waals surface area contributed by atoms with Crippen molar-refractivity contribution in [2.45, 2.75) is 13.0 Å². The lowest BCUT2D eigenvalue weighted by molar-refractivity contribution is 0.0938. The summed E-state index contributed by atoms with van der Waals surface area (Å²) in [6.07, 6.45) is 0. The average Bonchev–Trinajstić information content (AvgIpc) is 2.31. The molecule has 0 heterocycles. The van der Waals surface area contributed by atoms with Crippen LogP contribution >= 0.6 is 34.2 Å². The molecule has 1 rings (SSSR count). The molecule has 4 nitrogen and oxygen atoms in total. The lowest BCUT2D eigenvalue weighted by Crippen LogP contribution is -2.37. The van der Waals surface area contributed by atoms with Crippen molar-refractivity contribution < 1.29 is 9.53 Å². The number of nitrogens with two attached hydrogens (primary N) is 1. The van der Waals surface area contributed by atoms with Gasteiger partial charge in [-0.25, -0.2) is 0 Å². The fourth-order valence-electron chi connectivity index (χ4n) is 1.24. The van der Waals surface area contributed by atoms with Crippen molar-refractivity contribution in [3.05, 3.63) is 26.3 Å². The third-order valence-electron chi connectivity index (χ3n) is 2.22. The minimum atomic E-state index is -0.238. The first-order chi connectivity index (χ1) is 7.99. The Hall–Kier alpha value is -0.530. The third-order valence-corrected chi connectivity index (χ3v) is 3.74. The molecule has 3 N–H and O–H groups in total. The van der Waals surface area contributed by atoms with Crippen LogP contribution in [0.3, 0.4) is 0 Å². The van der Waals surface area contributed by atoms with Crippen LogP contribution in [0.4, 0.5) is 0 Å². The summed E-state index contributed by atoms with van der Waals surface area (Å²) < 4.78 is 6.00. The van der Waals surface area contributed by atoms with Crippen LogP contribution in [0.2, 0.25) is 5.02 Å². The first kappa shape index (κ1) is 14.5. The van der Waals surface area contributed by atoms with Crippen LogP contribution in [-0.2, 0) is 0 Å². The summed E-state index contributed by atoms with van der Waals surface area (Å²) in [5.74, 6) is 0.263. The van der Waals surface area contributed by atoms with E-state index in [9.17, 15) is 4.79 Å². The number of hydrogen-bond acceptors (Lipinski definition) is 3. The number of carbonyl (C=O) groups excluding carboxylic acids is 1. The van der Waals surface area contributed by atoms with Crippen LogP contribution in [-0.4, -0.2) is 25.6 Å². The van der Waals surface area contributed by atoms with Gasteiger partial charge < -0.3 is 15.8 Å². The van der Waals surface area contributed by atoms with Crippen LogP contribution in [0.5, 0.6) is 5.75 Å². The Labute approximate surface area is 119 Å². The minimum Gasteiger partial charge on any atom is -0.496 e. The van der Waals surface area contributed by atoms with Crippen LogP contribution in [0, 0.1) is 3.57 Å². The Balaban J connectivity index is 3.03. The zero-order chi connectivity index (χ0) is 13.0. The number of carbonyl (C=O) groups is 1. The van der Waals surface area contributed by atoms with Crippen molar-refractivity contribution in [1.82, 2.24) is 5.32 Å². The normalized spacial score (nSPS) is 12.1. The fraction of sp³-hybridized carbons (Fsp3) is 0.364. The largest absolute Gasteiger partial charge is 0.496 e. The van der Waals surface area contributed by atoms with Gasteiger partial charge in [0.1, 0.15) is 5.75 Å². The molecule has 0 aliphatic carbocycles. The van der Waals surface area contributed by atoms with E-state index in [4.69, 9.17) is 22.1 Å². The third kappa shape index (κ3) is 3.72. The molecule has 0 radical (unpaired) electrons. The number of rotatable bonds is 4. The average molecular weight is 369 g/mol. The molecule has 0 aliphatic rings. The number of methoxy groups -OCH3 is 1. The maximum absolute atomic E-state index is 11.9. The van der Waals surface area contributed by atoms with E-state index in [0.29, 0.717) is 22.9 Å². The van der Waals surface area contributed by atoms with E-state index in [-0.39, 0.29) is 11.9 Å². The predicted octanol–water partition coefficient (Wildman–Crippen LogP) is 2.03. The second-order valence-corrected chi connectivity index (χ2v) is 5.15. The highest BCUT2D eigenvalue weighted by molar-refractivity contribution is 14.1. The number of benzene rings is 1. The number of ether oxygens (including phenoxy) is 1. The summed E-state index contributed by atoms with van der Waals surface area (Å²) >= 11 is 8.07. The van der Waals surface area contributed by atoms with E-state index in [2.05, 4.69) is 27.9 Å². The summed E-state index contributed by atoms with van der Waals surface area (Å²) in [7, 11) is 1.52. The molecule has 0 bridgehead atoms. The molecule has 17 heavy (non-hydrogen) atoms. The second-order valence-electron chi connectivity index (χ2n) is 3.58. The van der Waals surface area contributed by atoms with Crippen LogP contribution in [0.15, 0.2) is 12.1 Å². The monoisotopic (exact) mass is 368 g/mol. The number of amides is 1. The predicted molar refractivity (Wildman–Crippen MR) is 76.7 cm³/mol. The SMILES string of the molecule is COc1cc(I)c(Cl)cc1C(=O)N[C@@H](C)CN. The van der Waals surface area contributed by atoms with E-state index < -0.39 is 0 Å². The zero-order valence-electron chi connectivity index (χ0n) is 9.59. The molecule has 0 spiro atoms. The van der Waals surface area contributed by atoms with Gasteiger partial charge in [0.15, 0.2) is 0 Å². The lowest BCUT2D eigenvalue weighted by atomic mass is 10.1. The van der Waals surface area contributed by atoms with Gasteiger partial charge in [0.2, 0.25) is 0 Å². The van der Waals surface area contributed by atoms with Gasteiger partial charge in [-0.1, -0.05) is 11.6 Å². The maximum Gasteiger partial charge on any atom is 0.255 e. The van der Waals surface area contributed by atoms with Crippen LogP contribution < -0.4 is 15.8 Å².